The Morgan fingerprint density at radius 1 is 1.37 bits per heavy atom. The Bertz CT molecular complexity index is 499. The quantitative estimate of drug-likeness (QED) is 0.852. The zero-order valence-electron chi connectivity index (χ0n) is 10.0. The second kappa shape index (κ2) is 5.38. The van der Waals surface area contributed by atoms with E-state index in [-0.39, 0.29) is 26.1 Å². The molecule has 0 atom stereocenters. The van der Waals surface area contributed by atoms with Crippen LogP contribution in [0.15, 0.2) is 23.8 Å². The highest BCUT2D eigenvalue weighted by Crippen LogP contribution is 2.31. The Labute approximate surface area is 113 Å². The summed E-state index contributed by atoms with van der Waals surface area (Å²) in [6.45, 7) is 0.668. The van der Waals surface area contributed by atoms with Gasteiger partial charge in [-0.15, -0.1) is 0 Å². The van der Waals surface area contributed by atoms with Crippen molar-refractivity contribution in [1.82, 2.24) is 4.98 Å². The molecule has 19 heavy (non-hydrogen) atoms. The lowest BCUT2D eigenvalue weighted by atomic mass is 10.1. The van der Waals surface area contributed by atoms with Crippen molar-refractivity contribution in [1.29, 1.82) is 0 Å². The van der Waals surface area contributed by atoms with Gasteiger partial charge >= 0.3 is 6.18 Å². The molecule has 2 heterocycles. The molecule has 104 valence electrons. The number of halogens is 4. The lowest BCUT2D eigenvalue weighted by Gasteiger charge is -2.28. The first-order valence-corrected chi connectivity index (χ1v) is 6.16. The zero-order valence-corrected chi connectivity index (χ0v) is 10.8. The molecule has 0 fully saturated rings. The van der Waals surface area contributed by atoms with Crippen LogP contribution in [-0.4, -0.2) is 24.2 Å². The van der Waals surface area contributed by atoms with E-state index in [0.29, 0.717) is 16.5 Å². The van der Waals surface area contributed by atoms with Crippen LogP contribution in [0.25, 0.3) is 0 Å². The van der Waals surface area contributed by atoms with E-state index in [1.165, 1.54) is 6.08 Å². The molecule has 1 aliphatic rings. The van der Waals surface area contributed by atoms with Gasteiger partial charge in [-0.2, -0.15) is 13.2 Å². The van der Waals surface area contributed by atoms with Gasteiger partial charge in [0.15, 0.2) is 0 Å². The van der Waals surface area contributed by atoms with Crippen molar-refractivity contribution in [2.75, 3.05) is 18.0 Å². The number of nitrogens with two attached hydrogens (primary N) is 1. The number of hydrogen-bond donors (Lipinski definition) is 1. The van der Waals surface area contributed by atoms with E-state index >= 15 is 0 Å². The number of nitrogens with zero attached hydrogens (tertiary/aromatic N) is 2. The Morgan fingerprint density at radius 3 is 2.63 bits per heavy atom. The molecule has 0 spiro atoms. The Kier molecular flexibility index (Phi) is 4.01. The maximum Gasteiger partial charge on any atom is 0.412 e. The van der Waals surface area contributed by atoms with Crippen molar-refractivity contribution in [3.63, 3.8) is 0 Å². The molecule has 1 aromatic heterocycles. The van der Waals surface area contributed by atoms with Crippen molar-refractivity contribution in [3.05, 3.63) is 34.5 Å². The average Bonchev–Trinajstić information content (AvgIpc) is 2.38. The molecule has 0 saturated heterocycles. The first kappa shape index (κ1) is 14.1. The summed E-state index contributed by atoms with van der Waals surface area (Å²) in [6, 6.07) is 3.35. The third-order valence-corrected chi connectivity index (χ3v) is 3.34. The van der Waals surface area contributed by atoms with Gasteiger partial charge in [0, 0.05) is 25.2 Å². The number of alkyl halides is 3. The summed E-state index contributed by atoms with van der Waals surface area (Å²) in [5.74, 6) is 0.599. The van der Waals surface area contributed by atoms with Crippen molar-refractivity contribution in [2.45, 2.75) is 19.1 Å². The standard InChI is InChI=1S/C12H13ClF3N3/c13-9-1-2-11(18-10(9)7-17)19-5-3-8(4-6-19)12(14,15)16/h1-3H,4-7,17H2. The molecule has 0 bridgehead atoms. The summed E-state index contributed by atoms with van der Waals surface area (Å²) >= 11 is 5.90. The normalized spacial score (nSPS) is 16.5. The highest BCUT2D eigenvalue weighted by Gasteiger charge is 2.34. The van der Waals surface area contributed by atoms with Crippen molar-refractivity contribution < 1.29 is 13.2 Å². The molecule has 0 aliphatic carbocycles. The van der Waals surface area contributed by atoms with Crippen LogP contribution in [-0.2, 0) is 6.54 Å². The Balaban J connectivity index is 2.16. The number of hydrogen-bond acceptors (Lipinski definition) is 3. The van der Waals surface area contributed by atoms with Crippen LogP contribution in [0.1, 0.15) is 12.1 Å². The molecule has 3 nitrogen and oxygen atoms in total. The average molecular weight is 292 g/mol. The van der Waals surface area contributed by atoms with Crippen LogP contribution in [0.2, 0.25) is 5.02 Å². The summed E-state index contributed by atoms with van der Waals surface area (Å²) in [7, 11) is 0. The predicted octanol–water partition coefficient (Wildman–Crippen LogP) is 2.89. The van der Waals surface area contributed by atoms with E-state index in [9.17, 15) is 13.2 Å². The third-order valence-electron chi connectivity index (χ3n) is 2.99. The van der Waals surface area contributed by atoms with Crippen LogP contribution in [0.5, 0.6) is 0 Å². The molecule has 1 aliphatic heterocycles. The fourth-order valence-corrected chi connectivity index (χ4v) is 2.11. The van der Waals surface area contributed by atoms with Crippen molar-refractivity contribution in [3.8, 4) is 0 Å². The van der Waals surface area contributed by atoms with Crippen molar-refractivity contribution >= 4 is 17.4 Å². The van der Waals surface area contributed by atoms with Crippen LogP contribution in [0, 0.1) is 0 Å². The Hall–Kier alpha value is -1.27. The minimum atomic E-state index is -4.23. The summed E-state index contributed by atoms with van der Waals surface area (Å²) in [6.07, 6.45) is -3.07. The number of aromatic nitrogens is 1. The molecule has 1 aromatic rings. The van der Waals surface area contributed by atoms with Gasteiger partial charge in [0.2, 0.25) is 0 Å². The van der Waals surface area contributed by atoms with Crippen molar-refractivity contribution in [2.24, 2.45) is 5.73 Å². The van der Waals surface area contributed by atoms with Crippen LogP contribution in [0.3, 0.4) is 0 Å². The molecule has 0 radical (unpaired) electrons. The SMILES string of the molecule is NCc1nc(N2CC=C(C(F)(F)F)CC2)ccc1Cl. The van der Waals surface area contributed by atoms with Crippen LogP contribution in [0.4, 0.5) is 19.0 Å². The second-order valence-electron chi connectivity index (χ2n) is 4.23. The lowest BCUT2D eigenvalue weighted by molar-refractivity contribution is -0.0944. The zero-order chi connectivity index (χ0) is 14.0. The second-order valence-corrected chi connectivity index (χ2v) is 4.63. The largest absolute Gasteiger partial charge is 0.412 e. The number of rotatable bonds is 2. The van der Waals surface area contributed by atoms with Gasteiger partial charge in [-0.25, -0.2) is 4.98 Å². The van der Waals surface area contributed by atoms with Crippen LogP contribution >= 0.6 is 11.6 Å². The van der Waals surface area contributed by atoms with Gasteiger partial charge in [-0.05, 0) is 18.6 Å². The molecule has 0 aromatic carbocycles. The summed E-state index contributed by atoms with van der Waals surface area (Å²) in [5.41, 5.74) is 5.57. The third kappa shape index (κ3) is 3.19. The monoisotopic (exact) mass is 291 g/mol. The van der Waals surface area contributed by atoms with Gasteiger partial charge in [0.1, 0.15) is 5.82 Å². The van der Waals surface area contributed by atoms with E-state index < -0.39 is 11.7 Å². The topological polar surface area (TPSA) is 42.1 Å². The minimum absolute atomic E-state index is 0.0359. The summed E-state index contributed by atoms with van der Waals surface area (Å²) in [4.78, 5) is 6.03. The van der Waals surface area contributed by atoms with E-state index in [1.807, 2.05) is 0 Å². The molecule has 2 rings (SSSR count). The van der Waals surface area contributed by atoms with E-state index in [4.69, 9.17) is 17.3 Å². The fraction of sp³-hybridized carbons (Fsp3) is 0.417. The lowest BCUT2D eigenvalue weighted by Crippen LogP contribution is -2.32. The van der Waals surface area contributed by atoms with Crippen LogP contribution < -0.4 is 10.6 Å². The van der Waals surface area contributed by atoms with Gasteiger partial charge in [-0.1, -0.05) is 17.7 Å². The maximum absolute atomic E-state index is 12.5. The highest BCUT2D eigenvalue weighted by atomic mass is 35.5. The smallest absolute Gasteiger partial charge is 0.353 e. The summed E-state index contributed by atoms with van der Waals surface area (Å²) in [5, 5.41) is 0.467. The number of pyridine rings is 1. The van der Waals surface area contributed by atoms with Gasteiger partial charge in [0.25, 0.3) is 0 Å². The molecule has 0 amide bonds. The molecule has 2 N–H and O–H groups in total. The Morgan fingerprint density at radius 2 is 2.11 bits per heavy atom. The molecule has 0 unspecified atom stereocenters. The molecular weight excluding hydrogens is 279 g/mol. The first-order chi connectivity index (χ1) is 8.91. The van der Waals surface area contributed by atoms with E-state index in [1.54, 1.807) is 17.0 Å². The van der Waals surface area contributed by atoms with E-state index in [0.717, 1.165) is 0 Å². The molecular formula is C12H13ClF3N3. The minimum Gasteiger partial charge on any atom is -0.353 e. The first-order valence-electron chi connectivity index (χ1n) is 5.78. The van der Waals surface area contributed by atoms with Gasteiger partial charge in [-0.3, -0.25) is 0 Å². The highest BCUT2D eigenvalue weighted by molar-refractivity contribution is 6.31. The van der Waals surface area contributed by atoms with E-state index in [2.05, 4.69) is 4.98 Å². The number of anilines is 1. The van der Waals surface area contributed by atoms with Gasteiger partial charge < -0.3 is 10.6 Å². The fourth-order valence-electron chi connectivity index (χ4n) is 1.93. The molecule has 7 heteroatoms. The summed E-state index contributed by atoms with van der Waals surface area (Å²) < 4.78 is 37.5. The van der Waals surface area contributed by atoms with Gasteiger partial charge in [0.05, 0.1) is 10.7 Å². The predicted molar refractivity (Wildman–Crippen MR) is 68.1 cm³/mol. The maximum atomic E-state index is 12.5. The molecule has 0 saturated carbocycles.